The molecule has 1 N–H and O–H groups in total. The van der Waals surface area contributed by atoms with E-state index in [0.29, 0.717) is 16.6 Å². The number of carbonyl (C=O) groups is 1. The molecule has 2 aromatic carbocycles. The number of hydrogen-bond donors (Lipinski definition) is 1. The summed E-state index contributed by atoms with van der Waals surface area (Å²) in [5, 5.41) is 0.441. The van der Waals surface area contributed by atoms with Crippen LogP contribution >= 0.6 is 11.8 Å². The summed E-state index contributed by atoms with van der Waals surface area (Å²) in [5.74, 6) is 1.60. The second-order valence-electron chi connectivity index (χ2n) is 5.61. The number of rotatable bonds is 7. The molecule has 0 spiro atoms. The molecule has 0 radical (unpaired) electrons. The van der Waals surface area contributed by atoms with Crippen molar-refractivity contribution in [1.29, 1.82) is 0 Å². The topological polar surface area (TPSA) is 81.3 Å². The molecule has 3 aromatic rings. The van der Waals surface area contributed by atoms with Gasteiger partial charge in [0.15, 0.2) is 5.16 Å². The highest BCUT2D eigenvalue weighted by Gasteiger charge is 2.10. The van der Waals surface area contributed by atoms with Crippen LogP contribution in [-0.2, 0) is 21.7 Å². The molecule has 0 fully saturated rings. The smallest absolute Gasteiger partial charge is 0.311 e. The minimum Gasteiger partial charge on any atom is -0.469 e. The Morgan fingerprint density at radius 3 is 2.63 bits per heavy atom. The third-order valence-electron chi connectivity index (χ3n) is 3.63. The molecule has 0 unspecified atom stereocenters. The average molecular weight is 382 g/mol. The summed E-state index contributed by atoms with van der Waals surface area (Å²) >= 11 is 1.36. The molecule has 0 amide bonds. The zero-order valence-corrected chi connectivity index (χ0v) is 15.5. The number of carbonyl (C=O) groups excluding carboxylic acids is 1. The van der Waals surface area contributed by atoms with Gasteiger partial charge in [0.25, 0.3) is 5.56 Å². The zero-order chi connectivity index (χ0) is 19.1. The number of nitrogens with zero attached hydrogens (tertiary/aromatic N) is 1. The molecule has 27 heavy (non-hydrogen) atoms. The third-order valence-corrected chi connectivity index (χ3v) is 4.56. The van der Waals surface area contributed by atoms with Crippen LogP contribution in [0.5, 0.6) is 11.5 Å². The number of thioether (sulfide) groups is 1. The van der Waals surface area contributed by atoms with Gasteiger partial charge in [-0.05, 0) is 18.2 Å². The van der Waals surface area contributed by atoms with E-state index in [1.165, 1.54) is 24.9 Å². The number of H-pyrrole nitrogens is 1. The fourth-order valence-corrected chi connectivity index (χ4v) is 3.23. The predicted molar refractivity (Wildman–Crippen MR) is 103 cm³/mol. The van der Waals surface area contributed by atoms with E-state index in [9.17, 15) is 9.59 Å². The molecule has 1 aromatic heterocycles. The van der Waals surface area contributed by atoms with Crippen molar-refractivity contribution >= 4 is 17.7 Å². The summed E-state index contributed by atoms with van der Waals surface area (Å²) in [6.07, 6.45) is -0.0400. The highest BCUT2D eigenvalue weighted by Crippen LogP contribution is 2.29. The van der Waals surface area contributed by atoms with Crippen molar-refractivity contribution in [1.82, 2.24) is 9.97 Å². The summed E-state index contributed by atoms with van der Waals surface area (Å²) in [7, 11) is 1.30. The second kappa shape index (κ2) is 9.05. The standard InChI is InChI=1S/C20H18N2O4S/c1-25-19(24)12-15-11-18(23)22-20(21-15)27-13-14-7-5-6-10-17(14)26-16-8-3-2-4-9-16/h2-11H,12-13H2,1H3,(H,21,22,23). The first-order chi connectivity index (χ1) is 13.1. The summed E-state index contributed by atoms with van der Waals surface area (Å²) in [6.45, 7) is 0. The molecule has 7 heteroatoms. The highest BCUT2D eigenvalue weighted by molar-refractivity contribution is 7.98. The average Bonchev–Trinajstić information content (AvgIpc) is 2.67. The second-order valence-corrected chi connectivity index (χ2v) is 6.57. The van der Waals surface area contributed by atoms with Crippen LogP contribution in [0.4, 0.5) is 0 Å². The molecule has 138 valence electrons. The Morgan fingerprint density at radius 1 is 1.11 bits per heavy atom. The first kappa shape index (κ1) is 18.7. The van der Waals surface area contributed by atoms with Crippen LogP contribution in [0.2, 0.25) is 0 Å². The lowest BCUT2D eigenvalue weighted by Crippen LogP contribution is -2.13. The molecule has 0 saturated carbocycles. The van der Waals surface area contributed by atoms with Crippen LogP contribution in [-0.4, -0.2) is 23.0 Å². The number of aromatic nitrogens is 2. The largest absolute Gasteiger partial charge is 0.469 e. The first-order valence-electron chi connectivity index (χ1n) is 8.24. The number of nitrogens with one attached hydrogen (secondary N) is 1. The van der Waals surface area contributed by atoms with Gasteiger partial charge in [-0.2, -0.15) is 0 Å². The Labute approximate surface area is 160 Å². The molecule has 0 aliphatic carbocycles. The number of para-hydroxylation sites is 2. The SMILES string of the molecule is COC(=O)Cc1cc(=O)[nH]c(SCc2ccccc2Oc2ccccc2)n1. The number of ether oxygens (including phenoxy) is 2. The Kier molecular flexibility index (Phi) is 6.27. The van der Waals surface area contributed by atoms with Gasteiger partial charge in [0.05, 0.1) is 19.2 Å². The van der Waals surface area contributed by atoms with E-state index in [2.05, 4.69) is 14.7 Å². The van der Waals surface area contributed by atoms with E-state index >= 15 is 0 Å². The fraction of sp³-hybridized carbons (Fsp3) is 0.150. The number of esters is 1. The van der Waals surface area contributed by atoms with Gasteiger partial charge < -0.3 is 14.5 Å². The number of aromatic amines is 1. The van der Waals surface area contributed by atoms with Gasteiger partial charge in [-0.25, -0.2) is 4.98 Å². The Hall–Kier alpha value is -3.06. The first-order valence-corrected chi connectivity index (χ1v) is 9.23. The lowest BCUT2D eigenvalue weighted by molar-refractivity contribution is -0.139. The van der Waals surface area contributed by atoms with E-state index in [-0.39, 0.29) is 12.0 Å². The summed E-state index contributed by atoms with van der Waals surface area (Å²) in [5.41, 5.74) is 1.04. The Bertz CT molecular complexity index is 973. The maximum absolute atomic E-state index is 11.8. The minimum atomic E-state index is -0.439. The number of benzene rings is 2. The van der Waals surface area contributed by atoms with E-state index in [0.717, 1.165) is 17.1 Å². The van der Waals surface area contributed by atoms with Crippen LogP contribution in [0.1, 0.15) is 11.3 Å². The van der Waals surface area contributed by atoms with Crippen molar-refractivity contribution in [3.05, 3.63) is 82.3 Å². The van der Waals surface area contributed by atoms with Gasteiger partial charge >= 0.3 is 5.97 Å². The molecular formula is C20H18N2O4S. The molecule has 0 atom stereocenters. The highest BCUT2D eigenvalue weighted by atomic mass is 32.2. The maximum atomic E-state index is 11.8. The maximum Gasteiger partial charge on any atom is 0.311 e. The van der Waals surface area contributed by atoms with Crippen LogP contribution in [0, 0.1) is 0 Å². The Balaban J connectivity index is 1.74. The monoisotopic (exact) mass is 382 g/mol. The molecular weight excluding hydrogens is 364 g/mol. The fourth-order valence-electron chi connectivity index (χ4n) is 2.35. The number of methoxy groups -OCH3 is 1. The lowest BCUT2D eigenvalue weighted by atomic mass is 10.2. The Morgan fingerprint density at radius 2 is 1.85 bits per heavy atom. The van der Waals surface area contributed by atoms with Gasteiger partial charge in [-0.3, -0.25) is 9.59 Å². The molecule has 0 aliphatic rings. The summed E-state index contributed by atoms with van der Waals surface area (Å²) in [4.78, 5) is 30.2. The van der Waals surface area contributed by atoms with Crippen molar-refractivity contribution in [3.63, 3.8) is 0 Å². The van der Waals surface area contributed by atoms with E-state index in [4.69, 9.17) is 4.74 Å². The quantitative estimate of drug-likeness (QED) is 0.382. The molecule has 0 aliphatic heterocycles. The van der Waals surface area contributed by atoms with Crippen molar-refractivity contribution in [2.24, 2.45) is 0 Å². The van der Waals surface area contributed by atoms with Gasteiger partial charge in [-0.1, -0.05) is 48.2 Å². The zero-order valence-electron chi connectivity index (χ0n) is 14.7. The molecule has 1 heterocycles. The van der Waals surface area contributed by atoms with E-state index < -0.39 is 5.97 Å². The van der Waals surface area contributed by atoms with E-state index in [1.807, 2.05) is 54.6 Å². The van der Waals surface area contributed by atoms with Crippen molar-refractivity contribution < 1.29 is 14.3 Å². The summed E-state index contributed by atoms with van der Waals surface area (Å²) < 4.78 is 10.6. The molecule has 0 saturated heterocycles. The van der Waals surface area contributed by atoms with Crippen molar-refractivity contribution in [2.75, 3.05) is 7.11 Å². The van der Waals surface area contributed by atoms with Crippen LogP contribution in [0.15, 0.2) is 70.6 Å². The van der Waals surface area contributed by atoms with Crippen LogP contribution < -0.4 is 10.3 Å². The molecule has 3 rings (SSSR count). The van der Waals surface area contributed by atoms with Gasteiger partial charge in [0.1, 0.15) is 11.5 Å². The third kappa shape index (κ3) is 5.46. The van der Waals surface area contributed by atoms with Gasteiger partial charge in [-0.15, -0.1) is 0 Å². The normalized spacial score (nSPS) is 10.4. The lowest BCUT2D eigenvalue weighted by Gasteiger charge is -2.11. The summed E-state index contributed by atoms with van der Waals surface area (Å²) in [6, 6.07) is 18.5. The van der Waals surface area contributed by atoms with Crippen LogP contribution in [0.25, 0.3) is 0 Å². The molecule has 6 nitrogen and oxygen atoms in total. The van der Waals surface area contributed by atoms with Crippen molar-refractivity contribution in [3.8, 4) is 11.5 Å². The van der Waals surface area contributed by atoms with E-state index in [1.54, 1.807) is 0 Å². The molecule has 0 bridgehead atoms. The predicted octanol–water partition coefficient (Wildman–Crippen LogP) is 3.57. The van der Waals surface area contributed by atoms with Gasteiger partial charge in [0, 0.05) is 17.4 Å². The number of hydrogen-bond acceptors (Lipinski definition) is 6. The van der Waals surface area contributed by atoms with Crippen LogP contribution in [0.3, 0.4) is 0 Å². The minimum absolute atomic E-state index is 0.0400. The van der Waals surface area contributed by atoms with Gasteiger partial charge in [0.2, 0.25) is 0 Å². The van der Waals surface area contributed by atoms with Crippen molar-refractivity contribution in [2.45, 2.75) is 17.3 Å².